The van der Waals surface area contributed by atoms with Crippen LogP contribution >= 0.6 is 11.6 Å². The van der Waals surface area contributed by atoms with Crippen LogP contribution in [-0.2, 0) is 6.42 Å². The van der Waals surface area contributed by atoms with Crippen molar-refractivity contribution in [2.75, 3.05) is 33.8 Å². The zero-order valence-electron chi connectivity index (χ0n) is 14.1. The molecule has 128 valence electrons. The van der Waals surface area contributed by atoms with E-state index in [2.05, 4.69) is 15.3 Å². The number of likely N-dealkylation sites (N-methyl/N-ethyl adjacent to an activating group) is 1. The third-order valence-corrected chi connectivity index (χ3v) is 3.72. The number of nitrogens with zero attached hydrogens (tertiary/aromatic N) is 3. The van der Waals surface area contributed by atoms with Gasteiger partial charge in [-0.15, -0.1) is 0 Å². The first-order valence-electron chi connectivity index (χ1n) is 7.89. The van der Waals surface area contributed by atoms with Crippen molar-refractivity contribution in [2.24, 2.45) is 4.99 Å². The van der Waals surface area contributed by atoms with E-state index in [0.717, 1.165) is 36.9 Å². The molecule has 5 nitrogen and oxygen atoms in total. The molecule has 0 saturated heterocycles. The second kappa shape index (κ2) is 9.78. The molecule has 0 bridgehead atoms. The third kappa shape index (κ3) is 6.08. The SMILES string of the molecule is CN=C(NCCc1ccccn1)N(C)CCOc1ccc(Cl)cc1. The largest absolute Gasteiger partial charge is 0.492 e. The van der Waals surface area contributed by atoms with Crippen molar-refractivity contribution in [1.29, 1.82) is 0 Å². The number of ether oxygens (including phenoxy) is 1. The minimum Gasteiger partial charge on any atom is -0.492 e. The number of rotatable bonds is 7. The Hall–Kier alpha value is -2.27. The number of hydrogen-bond donors (Lipinski definition) is 1. The molecule has 1 N–H and O–H groups in total. The van der Waals surface area contributed by atoms with Gasteiger partial charge in [0.2, 0.25) is 0 Å². The minimum absolute atomic E-state index is 0.569. The van der Waals surface area contributed by atoms with E-state index in [1.807, 2.05) is 60.6 Å². The van der Waals surface area contributed by atoms with Crippen LogP contribution in [0.15, 0.2) is 53.7 Å². The van der Waals surface area contributed by atoms with Crippen LogP contribution in [0, 0.1) is 0 Å². The summed E-state index contributed by atoms with van der Waals surface area (Å²) in [6.45, 7) is 2.08. The Morgan fingerprint density at radius 2 is 2.04 bits per heavy atom. The minimum atomic E-state index is 0.569. The van der Waals surface area contributed by atoms with Crippen molar-refractivity contribution in [1.82, 2.24) is 15.2 Å². The lowest BCUT2D eigenvalue weighted by atomic mass is 10.3. The molecule has 0 aliphatic carbocycles. The van der Waals surface area contributed by atoms with E-state index in [0.29, 0.717) is 11.6 Å². The fraction of sp³-hybridized carbons (Fsp3) is 0.333. The summed E-state index contributed by atoms with van der Waals surface area (Å²) in [6.07, 6.45) is 2.67. The molecule has 0 atom stereocenters. The number of pyridine rings is 1. The zero-order valence-corrected chi connectivity index (χ0v) is 14.8. The lowest BCUT2D eigenvalue weighted by Gasteiger charge is -2.22. The van der Waals surface area contributed by atoms with Gasteiger partial charge in [-0.1, -0.05) is 17.7 Å². The van der Waals surface area contributed by atoms with E-state index in [4.69, 9.17) is 16.3 Å². The molecule has 0 amide bonds. The number of aromatic nitrogens is 1. The van der Waals surface area contributed by atoms with Crippen LogP contribution in [-0.4, -0.2) is 49.6 Å². The van der Waals surface area contributed by atoms with Crippen molar-refractivity contribution in [2.45, 2.75) is 6.42 Å². The molecule has 0 unspecified atom stereocenters. The van der Waals surface area contributed by atoms with Crippen molar-refractivity contribution < 1.29 is 4.74 Å². The first kappa shape index (κ1) is 18.1. The molecule has 0 aliphatic heterocycles. The lowest BCUT2D eigenvalue weighted by Crippen LogP contribution is -2.41. The Balaban J connectivity index is 1.70. The normalized spacial score (nSPS) is 11.2. The Kier molecular flexibility index (Phi) is 7.36. The van der Waals surface area contributed by atoms with Crippen LogP contribution in [0.2, 0.25) is 5.02 Å². The molecule has 0 spiro atoms. The van der Waals surface area contributed by atoms with Crippen LogP contribution in [0.1, 0.15) is 5.69 Å². The second-order valence-electron chi connectivity index (χ2n) is 5.27. The molecule has 0 aliphatic rings. The molecule has 0 fully saturated rings. The molecule has 1 aromatic heterocycles. The van der Waals surface area contributed by atoms with Crippen molar-refractivity contribution >= 4 is 17.6 Å². The molecule has 2 rings (SSSR count). The zero-order chi connectivity index (χ0) is 17.2. The maximum atomic E-state index is 5.86. The van der Waals surface area contributed by atoms with E-state index in [9.17, 15) is 0 Å². The van der Waals surface area contributed by atoms with Gasteiger partial charge in [0.15, 0.2) is 5.96 Å². The van der Waals surface area contributed by atoms with Gasteiger partial charge in [-0.05, 0) is 36.4 Å². The van der Waals surface area contributed by atoms with Gasteiger partial charge in [-0.3, -0.25) is 9.98 Å². The van der Waals surface area contributed by atoms with Gasteiger partial charge in [0.05, 0.1) is 6.54 Å². The van der Waals surface area contributed by atoms with Crippen LogP contribution in [0.5, 0.6) is 5.75 Å². The number of guanidine groups is 1. The topological polar surface area (TPSA) is 49.8 Å². The Bertz CT molecular complexity index is 631. The molecule has 0 radical (unpaired) electrons. The standard InChI is InChI=1S/C18H23ClN4O/c1-20-18(22-12-10-16-5-3-4-11-21-16)23(2)13-14-24-17-8-6-15(19)7-9-17/h3-9,11H,10,12-14H2,1-2H3,(H,20,22). The highest BCUT2D eigenvalue weighted by molar-refractivity contribution is 6.30. The molecule has 2 aromatic rings. The summed E-state index contributed by atoms with van der Waals surface area (Å²) in [5.74, 6) is 1.65. The summed E-state index contributed by atoms with van der Waals surface area (Å²) < 4.78 is 5.71. The van der Waals surface area contributed by atoms with Gasteiger partial charge < -0.3 is 15.0 Å². The molecule has 24 heavy (non-hydrogen) atoms. The monoisotopic (exact) mass is 346 g/mol. The predicted octanol–water partition coefficient (Wildman–Crippen LogP) is 2.86. The molecule has 1 heterocycles. The number of aliphatic imine (C=N–C) groups is 1. The maximum absolute atomic E-state index is 5.86. The second-order valence-corrected chi connectivity index (χ2v) is 5.71. The van der Waals surface area contributed by atoms with Gasteiger partial charge in [-0.25, -0.2) is 0 Å². The molecule has 0 saturated carbocycles. The summed E-state index contributed by atoms with van der Waals surface area (Å²) in [5, 5.41) is 4.04. The van der Waals surface area contributed by atoms with E-state index in [1.54, 1.807) is 7.05 Å². The number of nitrogens with one attached hydrogen (secondary N) is 1. The maximum Gasteiger partial charge on any atom is 0.193 e. The van der Waals surface area contributed by atoms with Crippen LogP contribution in [0.4, 0.5) is 0 Å². The number of halogens is 1. The van der Waals surface area contributed by atoms with E-state index in [-0.39, 0.29) is 0 Å². The van der Waals surface area contributed by atoms with Gasteiger partial charge in [-0.2, -0.15) is 0 Å². The lowest BCUT2D eigenvalue weighted by molar-refractivity contribution is 0.281. The molecular weight excluding hydrogens is 324 g/mol. The smallest absolute Gasteiger partial charge is 0.193 e. The summed E-state index contributed by atoms with van der Waals surface area (Å²) in [5.41, 5.74) is 1.06. The molecule has 1 aromatic carbocycles. The average Bonchev–Trinajstić information content (AvgIpc) is 2.61. The molecular formula is C18H23ClN4O. The third-order valence-electron chi connectivity index (χ3n) is 3.47. The number of hydrogen-bond acceptors (Lipinski definition) is 3. The Morgan fingerprint density at radius 1 is 1.25 bits per heavy atom. The van der Waals surface area contributed by atoms with Gasteiger partial charge in [0.25, 0.3) is 0 Å². The van der Waals surface area contributed by atoms with E-state index in [1.165, 1.54) is 0 Å². The fourth-order valence-electron chi connectivity index (χ4n) is 2.17. The van der Waals surface area contributed by atoms with Crippen LogP contribution < -0.4 is 10.1 Å². The predicted molar refractivity (Wildman–Crippen MR) is 98.9 cm³/mol. The highest BCUT2D eigenvalue weighted by atomic mass is 35.5. The van der Waals surface area contributed by atoms with Crippen molar-refractivity contribution in [3.8, 4) is 5.75 Å². The quantitative estimate of drug-likeness (QED) is 0.618. The van der Waals surface area contributed by atoms with Gasteiger partial charge >= 0.3 is 0 Å². The van der Waals surface area contributed by atoms with Gasteiger partial charge in [0, 0.05) is 44.0 Å². The van der Waals surface area contributed by atoms with Crippen LogP contribution in [0.25, 0.3) is 0 Å². The Morgan fingerprint density at radius 3 is 2.71 bits per heavy atom. The van der Waals surface area contributed by atoms with Crippen molar-refractivity contribution in [3.63, 3.8) is 0 Å². The summed E-state index contributed by atoms with van der Waals surface area (Å²) in [6, 6.07) is 13.3. The highest BCUT2D eigenvalue weighted by Gasteiger charge is 2.05. The van der Waals surface area contributed by atoms with Crippen LogP contribution in [0.3, 0.4) is 0 Å². The number of benzene rings is 1. The first-order valence-corrected chi connectivity index (χ1v) is 8.27. The Labute approximate surface area is 148 Å². The fourth-order valence-corrected chi connectivity index (χ4v) is 2.30. The van der Waals surface area contributed by atoms with E-state index >= 15 is 0 Å². The summed E-state index contributed by atoms with van der Waals surface area (Å²) >= 11 is 5.86. The van der Waals surface area contributed by atoms with E-state index < -0.39 is 0 Å². The summed E-state index contributed by atoms with van der Waals surface area (Å²) in [4.78, 5) is 10.6. The highest BCUT2D eigenvalue weighted by Crippen LogP contribution is 2.15. The van der Waals surface area contributed by atoms with Gasteiger partial charge in [0.1, 0.15) is 12.4 Å². The summed E-state index contributed by atoms with van der Waals surface area (Å²) in [7, 11) is 3.76. The average molecular weight is 347 g/mol. The molecule has 6 heteroatoms. The first-order chi connectivity index (χ1) is 11.7. The van der Waals surface area contributed by atoms with Crippen molar-refractivity contribution in [3.05, 3.63) is 59.4 Å².